The summed E-state index contributed by atoms with van der Waals surface area (Å²) in [5.41, 5.74) is 5.05. The Morgan fingerprint density at radius 3 is 2.20 bits per heavy atom. The van der Waals surface area contributed by atoms with Gasteiger partial charge in [0.05, 0.1) is 0 Å². The van der Waals surface area contributed by atoms with Crippen LogP contribution >= 0.6 is 0 Å². The Bertz CT molecular complexity index is 341. The van der Waals surface area contributed by atoms with E-state index >= 15 is 0 Å². The van der Waals surface area contributed by atoms with Crippen molar-refractivity contribution in [3.05, 3.63) is 54.1 Å². The zero-order valence-electron chi connectivity index (χ0n) is 9.84. The fraction of sp³-hybridized carbons (Fsp3) is 0.333. The summed E-state index contributed by atoms with van der Waals surface area (Å²) < 4.78 is 0. The van der Waals surface area contributed by atoms with Crippen LogP contribution in [0.5, 0.6) is 0 Å². The molecular weight excluding hydrogens is 180 g/mol. The third-order valence-electron chi connectivity index (χ3n) is 2.54. The molecule has 0 bridgehead atoms. The molecule has 1 rings (SSSR count). The van der Waals surface area contributed by atoms with Crippen LogP contribution in [0.15, 0.2) is 43.0 Å². The molecule has 0 amide bonds. The average Bonchev–Trinajstić information content (AvgIpc) is 2.18. The van der Waals surface area contributed by atoms with Crippen LogP contribution in [0.4, 0.5) is 0 Å². The topological polar surface area (TPSA) is 0 Å². The quantitative estimate of drug-likeness (QED) is 0.601. The molecule has 1 aromatic rings. The van der Waals surface area contributed by atoms with Crippen molar-refractivity contribution in [1.82, 2.24) is 0 Å². The molecule has 0 aliphatic heterocycles. The number of hydrogen-bond acceptors (Lipinski definition) is 0. The van der Waals surface area contributed by atoms with Gasteiger partial charge in [0.2, 0.25) is 0 Å². The van der Waals surface area contributed by atoms with E-state index in [0.717, 1.165) is 19.3 Å². The van der Waals surface area contributed by atoms with Crippen LogP contribution in [0.1, 0.15) is 37.3 Å². The molecule has 0 spiro atoms. The Balaban J connectivity index is 2.47. The molecule has 1 aromatic carbocycles. The maximum Gasteiger partial charge on any atom is -0.0230 e. The maximum atomic E-state index is 4.12. The summed E-state index contributed by atoms with van der Waals surface area (Å²) in [5.74, 6) is 0. The van der Waals surface area contributed by atoms with Gasteiger partial charge in [0.25, 0.3) is 0 Å². The molecule has 0 aliphatic rings. The van der Waals surface area contributed by atoms with Crippen LogP contribution in [0, 0.1) is 6.92 Å². The number of rotatable bonds is 5. The molecule has 15 heavy (non-hydrogen) atoms. The molecule has 0 atom stereocenters. The van der Waals surface area contributed by atoms with E-state index in [9.17, 15) is 0 Å². The van der Waals surface area contributed by atoms with E-state index in [1.807, 2.05) is 0 Å². The number of benzene rings is 1. The van der Waals surface area contributed by atoms with Crippen LogP contribution in [0.2, 0.25) is 0 Å². The Morgan fingerprint density at radius 1 is 1.07 bits per heavy atom. The molecule has 0 nitrogen and oxygen atoms in total. The summed E-state index contributed by atoms with van der Waals surface area (Å²) in [7, 11) is 0. The largest absolute Gasteiger partial charge is 0.100 e. The Kier molecular flexibility index (Phi) is 4.36. The van der Waals surface area contributed by atoms with Gasteiger partial charge in [-0.1, -0.05) is 42.0 Å². The van der Waals surface area contributed by atoms with Gasteiger partial charge in [0.1, 0.15) is 0 Å². The van der Waals surface area contributed by atoms with Crippen LogP contribution in [-0.4, -0.2) is 0 Å². The molecule has 0 aliphatic carbocycles. The van der Waals surface area contributed by atoms with E-state index in [0.29, 0.717) is 0 Å². The van der Waals surface area contributed by atoms with Crippen LogP contribution < -0.4 is 0 Å². The minimum Gasteiger partial charge on any atom is -0.100 e. The van der Waals surface area contributed by atoms with Crippen molar-refractivity contribution in [3.8, 4) is 0 Å². The van der Waals surface area contributed by atoms with Crippen molar-refractivity contribution in [2.45, 2.75) is 33.1 Å². The van der Waals surface area contributed by atoms with Crippen molar-refractivity contribution in [2.24, 2.45) is 0 Å². The van der Waals surface area contributed by atoms with Crippen LogP contribution in [0.3, 0.4) is 0 Å². The molecule has 0 heteroatoms. The average molecular weight is 200 g/mol. The molecule has 0 saturated heterocycles. The molecule has 0 unspecified atom stereocenters. The Morgan fingerprint density at radius 2 is 1.67 bits per heavy atom. The first kappa shape index (κ1) is 11.8. The smallest absolute Gasteiger partial charge is 0.0230 e. The van der Waals surface area contributed by atoms with Crippen LogP contribution in [0.25, 0.3) is 5.57 Å². The van der Waals surface area contributed by atoms with Crippen molar-refractivity contribution in [3.63, 3.8) is 0 Å². The van der Waals surface area contributed by atoms with E-state index < -0.39 is 0 Å². The highest BCUT2D eigenvalue weighted by Gasteiger charge is 1.98. The second kappa shape index (κ2) is 5.55. The first-order chi connectivity index (χ1) is 7.09. The zero-order chi connectivity index (χ0) is 11.3. The lowest BCUT2D eigenvalue weighted by atomic mass is 10.00. The monoisotopic (exact) mass is 200 g/mol. The fourth-order valence-corrected chi connectivity index (χ4v) is 1.54. The van der Waals surface area contributed by atoms with Gasteiger partial charge in [0.15, 0.2) is 0 Å². The van der Waals surface area contributed by atoms with Gasteiger partial charge in [-0.3, -0.25) is 0 Å². The fourth-order valence-electron chi connectivity index (χ4n) is 1.54. The lowest BCUT2D eigenvalue weighted by molar-refractivity contribution is 0.846. The summed E-state index contributed by atoms with van der Waals surface area (Å²) >= 11 is 0. The summed E-state index contributed by atoms with van der Waals surface area (Å²) in [6, 6.07) is 8.58. The summed E-state index contributed by atoms with van der Waals surface area (Å²) in [6.07, 6.45) is 3.32. The first-order valence-corrected chi connectivity index (χ1v) is 5.49. The van der Waals surface area contributed by atoms with Crippen molar-refractivity contribution >= 4 is 5.57 Å². The summed E-state index contributed by atoms with van der Waals surface area (Å²) in [6.45, 7) is 12.2. The van der Waals surface area contributed by atoms with Gasteiger partial charge in [0, 0.05) is 0 Å². The zero-order valence-corrected chi connectivity index (χ0v) is 9.84. The molecule has 80 valence electrons. The molecule has 0 saturated carbocycles. The van der Waals surface area contributed by atoms with Crippen molar-refractivity contribution in [1.29, 1.82) is 0 Å². The number of hydrogen-bond donors (Lipinski definition) is 0. The highest BCUT2D eigenvalue weighted by atomic mass is 14.0. The lowest BCUT2D eigenvalue weighted by Crippen LogP contribution is -1.85. The van der Waals surface area contributed by atoms with E-state index in [1.54, 1.807) is 0 Å². The maximum absolute atomic E-state index is 4.12. The Hall–Kier alpha value is -1.30. The van der Waals surface area contributed by atoms with Crippen molar-refractivity contribution in [2.75, 3.05) is 0 Å². The second-order valence-corrected chi connectivity index (χ2v) is 4.28. The predicted octanol–water partition coefficient (Wildman–Crippen LogP) is 4.75. The van der Waals surface area contributed by atoms with E-state index in [-0.39, 0.29) is 0 Å². The van der Waals surface area contributed by atoms with Crippen LogP contribution in [-0.2, 0) is 0 Å². The van der Waals surface area contributed by atoms with Gasteiger partial charge in [-0.15, -0.1) is 6.58 Å². The minimum atomic E-state index is 1.07. The highest BCUT2D eigenvalue weighted by Crippen LogP contribution is 2.20. The van der Waals surface area contributed by atoms with E-state index in [1.165, 1.54) is 22.3 Å². The molecule has 0 radical (unpaired) electrons. The minimum absolute atomic E-state index is 1.07. The van der Waals surface area contributed by atoms with Gasteiger partial charge in [-0.25, -0.2) is 0 Å². The van der Waals surface area contributed by atoms with Gasteiger partial charge < -0.3 is 0 Å². The molecule has 0 aromatic heterocycles. The third-order valence-corrected chi connectivity index (χ3v) is 2.54. The molecule has 0 fully saturated rings. The predicted molar refractivity (Wildman–Crippen MR) is 68.9 cm³/mol. The van der Waals surface area contributed by atoms with Gasteiger partial charge in [-0.05, 0) is 44.2 Å². The summed E-state index contributed by atoms with van der Waals surface area (Å²) in [4.78, 5) is 0. The highest BCUT2D eigenvalue weighted by molar-refractivity contribution is 5.63. The summed E-state index contributed by atoms with van der Waals surface area (Å²) in [5, 5.41) is 0. The van der Waals surface area contributed by atoms with Crippen molar-refractivity contribution < 1.29 is 0 Å². The molecular formula is C15H20. The number of allylic oxidation sites excluding steroid dienone is 2. The van der Waals surface area contributed by atoms with Gasteiger partial charge in [-0.2, -0.15) is 0 Å². The molecule has 0 heterocycles. The Labute approximate surface area is 93.3 Å². The van der Waals surface area contributed by atoms with Gasteiger partial charge >= 0.3 is 0 Å². The normalized spacial score (nSPS) is 10.0. The first-order valence-electron chi connectivity index (χ1n) is 5.49. The third kappa shape index (κ3) is 4.16. The lowest BCUT2D eigenvalue weighted by Gasteiger charge is -2.06. The standard InChI is InChI=1S/C15H20/c1-12(2)6-5-7-14(4)15-10-8-13(3)9-11-15/h8-11H,1,4-7H2,2-3H3. The number of aryl methyl sites for hydroxylation is 1. The van der Waals surface area contributed by atoms with E-state index in [4.69, 9.17) is 0 Å². The SMILES string of the molecule is C=C(C)CCCC(=C)c1ccc(C)cc1. The molecule has 0 N–H and O–H groups in total. The van der Waals surface area contributed by atoms with E-state index in [2.05, 4.69) is 51.3 Å². The second-order valence-electron chi connectivity index (χ2n) is 4.28.